The first-order chi connectivity index (χ1) is 15.1. The molecular formula is C23H23FN4O2S. The maximum absolute atomic E-state index is 14.0. The molecule has 2 aromatic carbocycles. The summed E-state index contributed by atoms with van der Waals surface area (Å²) < 4.78 is 16.0. The van der Waals surface area contributed by atoms with E-state index in [1.165, 1.54) is 23.9 Å². The maximum Gasteiger partial charge on any atom is 0.256 e. The average molecular weight is 439 g/mol. The number of amides is 2. The largest absolute Gasteiger partial charge is 0.337 e. The van der Waals surface area contributed by atoms with Crippen molar-refractivity contribution in [1.29, 1.82) is 0 Å². The molecule has 0 spiro atoms. The zero-order valence-electron chi connectivity index (χ0n) is 17.2. The van der Waals surface area contributed by atoms with Crippen LogP contribution in [0.5, 0.6) is 0 Å². The number of nitrogens with zero attached hydrogens (tertiary/aromatic N) is 4. The zero-order chi connectivity index (χ0) is 21.8. The molecule has 2 amide bonds. The summed E-state index contributed by atoms with van der Waals surface area (Å²) in [6.45, 7) is 1.81. The van der Waals surface area contributed by atoms with Crippen molar-refractivity contribution in [2.24, 2.45) is 0 Å². The third-order valence-corrected chi connectivity index (χ3v) is 6.00. The first-order valence-corrected chi connectivity index (χ1v) is 11.3. The standard InChI is InChI=1S/C23H23FN4O2S/c1-31-23-25-10-13-28(23)18-7-4-6-17(16-18)21(29)26-11-5-12-27(15-14-26)22(30)19-8-2-3-9-20(19)24/h2-4,6-10,13,16H,5,11-12,14-15H2,1H3. The molecule has 0 radical (unpaired) electrons. The second kappa shape index (κ2) is 9.34. The number of hydrogen-bond acceptors (Lipinski definition) is 4. The predicted octanol–water partition coefficient (Wildman–Crippen LogP) is 3.72. The lowest BCUT2D eigenvalue weighted by Crippen LogP contribution is -2.37. The summed E-state index contributed by atoms with van der Waals surface area (Å²) in [5, 5.41) is 0.849. The molecule has 160 valence electrons. The Bertz CT molecular complexity index is 1100. The minimum absolute atomic E-state index is 0.0694. The number of aromatic nitrogens is 2. The molecule has 2 heterocycles. The molecule has 8 heteroatoms. The van der Waals surface area contributed by atoms with Crippen molar-refractivity contribution >= 4 is 23.6 Å². The molecule has 1 saturated heterocycles. The van der Waals surface area contributed by atoms with Crippen LogP contribution in [0.2, 0.25) is 0 Å². The molecular weight excluding hydrogens is 415 g/mol. The van der Waals surface area contributed by atoms with E-state index in [1.54, 1.807) is 34.2 Å². The SMILES string of the molecule is CSc1nccn1-c1cccc(C(=O)N2CCCN(C(=O)c3ccccc3F)CC2)c1. The second-order valence-electron chi connectivity index (χ2n) is 7.25. The summed E-state index contributed by atoms with van der Waals surface area (Å²) in [6.07, 6.45) is 6.20. The molecule has 1 aliphatic heterocycles. The van der Waals surface area contributed by atoms with Crippen LogP contribution in [0, 0.1) is 5.82 Å². The van der Waals surface area contributed by atoms with Crippen molar-refractivity contribution in [3.8, 4) is 5.69 Å². The highest BCUT2D eigenvalue weighted by Gasteiger charge is 2.25. The fourth-order valence-electron chi connectivity index (χ4n) is 3.74. The van der Waals surface area contributed by atoms with Crippen molar-refractivity contribution in [3.05, 3.63) is 77.9 Å². The van der Waals surface area contributed by atoms with Gasteiger partial charge < -0.3 is 9.80 Å². The quantitative estimate of drug-likeness (QED) is 0.583. The summed E-state index contributed by atoms with van der Waals surface area (Å²) >= 11 is 1.54. The smallest absolute Gasteiger partial charge is 0.256 e. The van der Waals surface area contributed by atoms with Gasteiger partial charge in [-0.15, -0.1) is 0 Å². The van der Waals surface area contributed by atoms with Crippen molar-refractivity contribution in [2.45, 2.75) is 11.6 Å². The Kier molecular flexibility index (Phi) is 6.36. The average Bonchev–Trinajstić information content (AvgIpc) is 3.15. The highest BCUT2D eigenvalue weighted by Crippen LogP contribution is 2.20. The summed E-state index contributed by atoms with van der Waals surface area (Å²) in [5.41, 5.74) is 1.53. The van der Waals surface area contributed by atoms with Crippen molar-refractivity contribution < 1.29 is 14.0 Å². The molecule has 1 aromatic heterocycles. The highest BCUT2D eigenvalue weighted by molar-refractivity contribution is 7.98. The third-order valence-electron chi connectivity index (χ3n) is 5.34. The molecule has 0 aliphatic carbocycles. The normalized spacial score (nSPS) is 14.4. The van der Waals surface area contributed by atoms with Gasteiger partial charge in [0.1, 0.15) is 5.82 Å². The monoisotopic (exact) mass is 438 g/mol. The Morgan fingerprint density at radius 3 is 2.45 bits per heavy atom. The highest BCUT2D eigenvalue weighted by atomic mass is 32.2. The molecule has 0 atom stereocenters. The number of benzene rings is 2. The van der Waals surface area contributed by atoms with E-state index in [1.807, 2.05) is 35.2 Å². The number of carbonyl (C=O) groups is 2. The number of hydrogen-bond donors (Lipinski definition) is 0. The van der Waals surface area contributed by atoms with Crippen LogP contribution in [0.1, 0.15) is 27.1 Å². The molecule has 1 fully saturated rings. The van der Waals surface area contributed by atoms with Crippen LogP contribution in [0.4, 0.5) is 4.39 Å². The zero-order valence-corrected chi connectivity index (χ0v) is 18.0. The number of imidazole rings is 1. The van der Waals surface area contributed by atoms with Gasteiger partial charge in [0.25, 0.3) is 11.8 Å². The van der Waals surface area contributed by atoms with E-state index in [9.17, 15) is 14.0 Å². The number of halogens is 1. The summed E-state index contributed by atoms with van der Waals surface area (Å²) in [6, 6.07) is 13.5. The molecule has 3 aromatic rings. The van der Waals surface area contributed by atoms with Crippen LogP contribution in [0.25, 0.3) is 5.69 Å². The fourth-order valence-corrected chi connectivity index (χ4v) is 4.27. The summed E-state index contributed by atoms with van der Waals surface area (Å²) in [7, 11) is 0. The van der Waals surface area contributed by atoms with Crippen LogP contribution >= 0.6 is 11.8 Å². The Morgan fingerprint density at radius 1 is 0.968 bits per heavy atom. The minimum Gasteiger partial charge on any atom is -0.337 e. The Balaban J connectivity index is 1.47. The molecule has 0 bridgehead atoms. The molecule has 0 unspecified atom stereocenters. The van der Waals surface area contributed by atoms with E-state index in [4.69, 9.17) is 0 Å². The number of thioether (sulfide) groups is 1. The van der Waals surface area contributed by atoms with Gasteiger partial charge in [0.15, 0.2) is 5.16 Å². The van der Waals surface area contributed by atoms with E-state index >= 15 is 0 Å². The van der Waals surface area contributed by atoms with Crippen LogP contribution in [-0.4, -0.2) is 63.6 Å². The molecule has 1 aliphatic rings. The summed E-state index contributed by atoms with van der Waals surface area (Å²) in [4.78, 5) is 33.6. The van der Waals surface area contributed by atoms with Gasteiger partial charge in [0.05, 0.1) is 5.56 Å². The fraction of sp³-hybridized carbons (Fsp3) is 0.261. The first-order valence-electron chi connectivity index (χ1n) is 10.1. The third kappa shape index (κ3) is 4.49. The van der Waals surface area contributed by atoms with E-state index in [-0.39, 0.29) is 17.4 Å². The molecule has 31 heavy (non-hydrogen) atoms. The Hall–Kier alpha value is -3.13. The maximum atomic E-state index is 14.0. The van der Waals surface area contributed by atoms with Gasteiger partial charge in [-0.1, -0.05) is 30.0 Å². The lowest BCUT2D eigenvalue weighted by atomic mass is 10.1. The number of rotatable bonds is 4. The van der Waals surface area contributed by atoms with Crippen molar-refractivity contribution in [1.82, 2.24) is 19.4 Å². The second-order valence-corrected chi connectivity index (χ2v) is 8.03. The van der Waals surface area contributed by atoms with Gasteiger partial charge >= 0.3 is 0 Å². The molecule has 0 saturated carbocycles. The van der Waals surface area contributed by atoms with Crippen LogP contribution < -0.4 is 0 Å². The molecule has 0 N–H and O–H groups in total. The van der Waals surface area contributed by atoms with Gasteiger partial charge in [0, 0.05) is 49.8 Å². The van der Waals surface area contributed by atoms with Gasteiger partial charge in [0.2, 0.25) is 0 Å². The summed E-state index contributed by atoms with van der Waals surface area (Å²) in [5.74, 6) is -0.933. The molecule has 6 nitrogen and oxygen atoms in total. The lowest BCUT2D eigenvalue weighted by Gasteiger charge is -2.22. The Morgan fingerprint density at radius 2 is 1.71 bits per heavy atom. The van der Waals surface area contributed by atoms with Crippen molar-refractivity contribution in [3.63, 3.8) is 0 Å². The van der Waals surface area contributed by atoms with E-state index in [0.717, 1.165) is 10.8 Å². The lowest BCUT2D eigenvalue weighted by molar-refractivity contribution is 0.0716. The Labute approximate surface area is 184 Å². The minimum atomic E-state index is -0.523. The van der Waals surface area contributed by atoms with Gasteiger partial charge in [-0.25, -0.2) is 9.37 Å². The van der Waals surface area contributed by atoms with E-state index < -0.39 is 5.82 Å². The van der Waals surface area contributed by atoms with Gasteiger partial charge in [-0.2, -0.15) is 0 Å². The van der Waals surface area contributed by atoms with Crippen LogP contribution in [-0.2, 0) is 0 Å². The first kappa shape index (κ1) is 21.1. The van der Waals surface area contributed by atoms with Crippen LogP contribution in [0.3, 0.4) is 0 Å². The number of carbonyl (C=O) groups excluding carboxylic acids is 2. The van der Waals surface area contributed by atoms with E-state index in [0.29, 0.717) is 38.2 Å². The molecule has 4 rings (SSSR count). The predicted molar refractivity (Wildman–Crippen MR) is 118 cm³/mol. The van der Waals surface area contributed by atoms with Gasteiger partial charge in [-0.3, -0.25) is 14.2 Å². The van der Waals surface area contributed by atoms with Crippen molar-refractivity contribution in [2.75, 3.05) is 32.4 Å². The topological polar surface area (TPSA) is 58.4 Å². The van der Waals surface area contributed by atoms with Crippen LogP contribution in [0.15, 0.2) is 66.1 Å². The van der Waals surface area contributed by atoms with E-state index in [2.05, 4.69) is 4.98 Å². The van der Waals surface area contributed by atoms with Gasteiger partial charge in [-0.05, 0) is 43.0 Å².